The summed E-state index contributed by atoms with van der Waals surface area (Å²) in [4.78, 5) is 22.7. The van der Waals surface area contributed by atoms with Crippen LogP contribution in [0.15, 0.2) is 0 Å². The Kier molecular flexibility index (Phi) is 6.02. The number of hydrogen-bond acceptors (Lipinski definition) is 4. The van der Waals surface area contributed by atoms with Crippen LogP contribution >= 0.6 is 25.0 Å². The molecule has 6 nitrogen and oxygen atoms in total. The molecule has 0 aliphatic carbocycles. The van der Waals surface area contributed by atoms with Crippen molar-refractivity contribution in [3.05, 3.63) is 0 Å². The molecule has 0 unspecified atom stereocenters. The van der Waals surface area contributed by atoms with E-state index in [9.17, 15) is 9.59 Å². The maximum absolute atomic E-state index is 10.9. The molecule has 0 aromatic carbocycles. The maximum atomic E-state index is 10.9. The molecule has 8 heteroatoms. The molecule has 0 radical (unpaired) electrons. The summed E-state index contributed by atoms with van der Waals surface area (Å²) < 4.78 is 2.36. The first-order valence-electron chi connectivity index (χ1n) is 4.08. The van der Waals surface area contributed by atoms with Gasteiger partial charge in [-0.1, -0.05) is 12.8 Å². The SMILES string of the molecule is CN(C(=S)NS)[C@H](CCC(N)=O)C(=O)O. The fourth-order valence-electron chi connectivity index (χ4n) is 0.982. The van der Waals surface area contributed by atoms with Crippen LogP contribution in [-0.4, -0.2) is 40.1 Å². The van der Waals surface area contributed by atoms with Crippen LogP contribution in [0.1, 0.15) is 12.8 Å². The lowest BCUT2D eigenvalue weighted by Crippen LogP contribution is -2.45. The highest BCUT2D eigenvalue weighted by atomic mass is 32.1. The first kappa shape index (κ1) is 14.0. The van der Waals surface area contributed by atoms with Gasteiger partial charge in [-0.2, -0.15) is 0 Å². The summed E-state index contributed by atoms with van der Waals surface area (Å²) in [7, 11) is 1.51. The average molecular weight is 251 g/mol. The summed E-state index contributed by atoms with van der Waals surface area (Å²) in [5.74, 6) is -1.61. The van der Waals surface area contributed by atoms with Gasteiger partial charge in [0.15, 0.2) is 5.11 Å². The average Bonchev–Trinajstić information content (AvgIpc) is 2.15. The monoisotopic (exact) mass is 251 g/mol. The number of thiocarbonyl (C=S) groups is 1. The predicted molar refractivity (Wildman–Crippen MR) is 62.3 cm³/mol. The lowest BCUT2D eigenvalue weighted by molar-refractivity contribution is -0.141. The van der Waals surface area contributed by atoms with Crippen LogP contribution in [0.5, 0.6) is 0 Å². The fraction of sp³-hybridized carbons (Fsp3) is 0.571. The van der Waals surface area contributed by atoms with Gasteiger partial charge in [0.1, 0.15) is 6.04 Å². The topological polar surface area (TPSA) is 95.7 Å². The molecule has 0 aliphatic rings. The van der Waals surface area contributed by atoms with Crippen LogP contribution < -0.4 is 10.5 Å². The van der Waals surface area contributed by atoms with Gasteiger partial charge in [-0.25, -0.2) is 4.79 Å². The molecule has 0 fully saturated rings. The van der Waals surface area contributed by atoms with E-state index in [1.807, 2.05) is 0 Å². The van der Waals surface area contributed by atoms with Gasteiger partial charge in [-0.3, -0.25) is 4.79 Å². The van der Waals surface area contributed by atoms with Crippen LogP contribution in [0.25, 0.3) is 0 Å². The van der Waals surface area contributed by atoms with E-state index in [1.165, 1.54) is 11.9 Å². The van der Waals surface area contributed by atoms with Crippen molar-refractivity contribution in [3.8, 4) is 0 Å². The number of rotatable bonds is 5. The standard InChI is InChI=1S/C7H13N3O3S2/c1-10(7(14)9-15)4(6(12)13)2-3-5(8)11/h4,15H,2-3H2,1H3,(H2,8,11)(H,9,14)(H,12,13)/t4-/m1/s1. The zero-order valence-corrected chi connectivity index (χ0v) is 9.85. The molecular formula is C7H13N3O3S2. The second-order valence-electron chi connectivity index (χ2n) is 2.89. The number of amides is 1. The zero-order chi connectivity index (χ0) is 12.0. The zero-order valence-electron chi connectivity index (χ0n) is 8.14. The van der Waals surface area contributed by atoms with E-state index >= 15 is 0 Å². The number of nitrogens with two attached hydrogens (primary N) is 1. The molecule has 0 bridgehead atoms. The molecule has 0 aliphatic heterocycles. The number of nitrogens with zero attached hydrogens (tertiary/aromatic N) is 1. The third-order valence-corrected chi connectivity index (χ3v) is 2.59. The summed E-state index contributed by atoms with van der Waals surface area (Å²) in [6.07, 6.45) is 0.104. The summed E-state index contributed by atoms with van der Waals surface area (Å²) in [6, 6.07) is -0.885. The molecule has 0 rings (SSSR count). The van der Waals surface area contributed by atoms with E-state index in [-0.39, 0.29) is 18.0 Å². The molecular weight excluding hydrogens is 238 g/mol. The Morgan fingerprint density at radius 1 is 1.67 bits per heavy atom. The first-order valence-corrected chi connectivity index (χ1v) is 4.93. The van der Waals surface area contributed by atoms with Gasteiger partial charge in [0.05, 0.1) is 0 Å². The fourth-order valence-corrected chi connectivity index (χ4v) is 1.27. The Balaban J connectivity index is 4.45. The van der Waals surface area contributed by atoms with E-state index in [2.05, 4.69) is 17.5 Å². The van der Waals surface area contributed by atoms with Crippen molar-refractivity contribution in [1.82, 2.24) is 9.62 Å². The molecule has 0 saturated heterocycles. The minimum absolute atomic E-state index is 0.00348. The number of nitrogens with one attached hydrogen (secondary N) is 1. The number of carboxylic acids is 1. The van der Waals surface area contributed by atoms with Crippen molar-refractivity contribution in [2.45, 2.75) is 18.9 Å². The maximum Gasteiger partial charge on any atom is 0.326 e. The molecule has 0 spiro atoms. The van der Waals surface area contributed by atoms with E-state index in [0.29, 0.717) is 0 Å². The van der Waals surface area contributed by atoms with Crippen molar-refractivity contribution in [1.29, 1.82) is 0 Å². The number of carbonyl (C=O) groups excluding carboxylic acids is 1. The first-order chi connectivity index (χ1) is 6.90. The lowest BCUT2D eigenvalue weighted by Gasteiger charge is -2.25. The van der Waals surface area contributed by atoms with Gasteiger partial charge in [0.2, 0.25) is 5.91 Å². The minimum atomic E-state index is -1.07. The number of primary amides is 1. The Morgan fingerprint density at radius 2 is 2.20 bits per heavy atom. The largest absolute Gasteiger partial charge is 0.480 e. The van der Waals surface area contributed by atoms with Gasteiger partial charge >= 0.3 is 5.97 Å². The highest BCUT2D eigenvalue weighted by Gasteiger charge is 2.24. The minimum Gasteiger partial charge on any atom is -0.480 e. The van der Waals surface area contributed by atoms with Gasteiger partial charge in [-0.15, -0.1) is 0 Å². The number of hydrogen-bond donors (Lipinski definition) is 4. The number of aliphatic carboxylic acids is 1. The second kappa shape index (κ2) is 6.46. The van der Waals surface area contributed by atoms with E-state index in [4.69, 9.17) is 23.1 Å². The lowest BCUT2D eigenvalue weighted by atomic mass is 10.1. The smallest absolute Gasteiger partial charge is 0.326 e. The van der Waals surface area contributed by atoms with Crippen LogP contribution in [0.3, 0.4) is 0 Å². The second-order valence-corrected chi connectivity index (χ2v) is 3.50. The van der Waals surface area contributed by atoms with Crippen LogP contribution in [0.2, 0.25) is 0 Å². The van der Waals surface area contributed by atoms with Crippen molar-refractivity contribution in [2.24, 2.45) is 5.73 Å². The molecule has 4 N–H and O–H groups in total. The summed E-state index contributed by atoms with van der Waals surface area (Å²) in [5.41, 5.74) is 4.94. The summed E-state index contributed by atoms with van der Waals surface area (Å²) in [5, 5.41) is 9.07. The van der Waals surface area contributed by atoms with Crippen molar-refractivity contribution in [3.63, 3.8) is 0 Å². The molecule has 86 valence electrons. The molecule has 1 amide bonds. The predicted octanol–water partition coefficient (Wildman–Crippen LogP) is -0.644. The van der Waals surface area contributed by atoms with Gasteiger partial charge in [0, 0.05) is 13.5 Å². The molecule has 0 aromatic heterocycles. The molecule has 0 heterocycles. The van der Waals surface area contributed by atoms with E-state index in [1.54, 1.807) is 0 Å². The van der Waals surface area contributed by atoms with Crippen LogP contribution in [-0.2, 0) is 9.59 Å². The number of likely N-dealkylation sites (N-methyl/N-ethyl adjacent to an activating group) is 1. The Labute approximate surface area is 98.3 Å². The van der Waals surface area contributed by atoms with Crippen LogP contribution in [0.4, 0.5) is 0 Å². The highest BCUT2D eigenvalue weighted by molar-refractivity contribution is 7.84. The quantitative estimate of drug-likeness (QED) is 0.383. The summed E-state index contributed by atoms with van der Waals surface area (Å²) >= 11 is 8.52. The molecule has 15 heavy (non-hydrogen) atoms. The van der Waals surface area contributed by atoms with Crippen molar-refractivity contribution >= 4 is 42.0 Å². The Bertz CT molecular complexity index is 272. The Hall–Kier alpha value is -1.02. The molecule has 1 atom stereocenters. The van der Waals surface area contributed by atoms with Crippen LogP contribution in [0, 0.1) is 0 Å². The molecule has 0 saturated carbocycles. The summed E-state index contributed by atoms with van der Waals surface area (Å²) in [6.45, 7) is 0. The van der Waals surface area contributed by atoms with Gasteiger partial charge in [0.25, 0.3) is 0 Å². The Morgan fingerprint density at radius 3 is 2.53 bits per heavy atom. The number of carboxylic acid groups (broad SMARTS) is 1. The van der Waals surface area contributed by atoms with Crippen molar-refractivity contribution in [2.75, 3.05) is 7.05 Å². The number of carbonyl (C=O) groups is 2. The highest BCUT2D eigenvalue weighted by Crippen LogP contribution is 2.06. The third kappa shape index (κ3) is 4.84. The van der Waals surface area contributed by atoms with E-state index in [0.717, 1.165) is 0 Å². The third-order valence-electron chi connectivity index (χ3n) is 1.83. The molecule has 0 aromatic rings. The van der Waals surface area contributed by atoms with E-state index < -0.39 is 17.9 Å². The normalized spacial score (nSPS) is 11.6. The van der Waals surface area contributed by atoms with Gasteiger partial charge < -0.3 is 20.5 Å². The number of thiol groups is 1. The van der Waals surface area contributed by atoms with Gasteiger partial charge in [-0.05, 0) is 18.6 Å². The van der Waals surface area contributed by atoms with Crippen molar-refractivity contribution < 1.29 is 14.7 Å².